The Kier molecular flexibility index (Phi) is 4.08. The smallest absolute Gasteiger partial charge is 0.228 e. The van der Waals surface area contributed by atoms with Crippen molar-refractivity contribution in [1.29, 1.82) is 0 Å². The van der Waals surface area contributed by atoms with Crippen molar-refractivity contribution >= 4 is 17.2 Å². The molecule has 0 unspecified atom stereocenters. The number of nitrogens with two attached hydrogens (primary N) is 1. The van der Waals surface area contributed by atoms with Gasteiger partial charge in [0.15, 0.2) is 11.6 Å². The SMILES string of the molecule is Cn1ncc(OCC2CC(N)C2)c1-c1ccn2nc(NC(=O)C3CC3)cc2c1. The molecular weight excluding hydrogens is 356 g/mol. The molecule has 0 aliphatic heterocycles. The van der Waals surface area contributed by atoms with E-state index in [9.17, 15) is 4.79 Å². The average molecular weight is 380 g/mol. The van der Waals surface area contributed by atoms with Crippen LogP contribution >= 0.6 is 0 Å². The number of nitrogens with one attached hydrogen (secondary N) is 1. The lowest BCUT2D eigenvalue weighted by molar-refractivity contribution is -0.117. The maximum atomic E-state index is 12.0. The van der Waals surface area contributed by atoms with Gasteiger partial charge in [-0.15, -0.1) is 0 Å². The quantitative estimate of drug-likeness (QED) is 0.683. The first-order valence-electron chi connectivity index (χ1n) is 9.78. The number of amides is 1. The number of carbonyl (C=O) groups is 1. The van der Waals surface area contributed by atoms with Gasteiger partial charge in [0.1, 0.15) is 5.69 Å². The molecule has 8 nitrogen and oxygen atoms in total. The zero-order valence-electron chi connectivity index (χ0n) is 15.8. The van der Waals surface area contributed by atoms with Crippen LogP contribution in [0.4, 0.5) is 5.82 Å². The summed E-state index contributed by atoms with van der Waals surface area (Å²) >= 11 is 0. The third-order valence-electron chi connectivity index (χ3n) is 5.59. The van der Waals surface area contributed by atoms with Crippen LogP contribution < -0.4 is 15.8 Å². The van der Waals surface area contributed by atoms with Crippen molar-refractivity contribution in [2.24, 2.45) is 24.6 Å². The molecule has 0 radical (unpaired) electrons. The largest absolute Gasteiger partial charge is 0.489 e. The van der Waals surface area contributed by atoms with Gasteiger partial charge >= 0.3 is 0 Å². The number of carbonyl (C=O) groups excluding carboxylic acids is 1. The van der Waals surface area contributed by atoms with Crippen LogP contribution in [0.25, 0.3) is 16.8 Å². The number of aryl methyl sites for hydroxylation is 1. The Morgan fingerprint density at radius 2 is 2.18 bits per heavy atom. The summed E-state index contributed by atoms with van der Waals surface area (Å²) < 4.78 is 9.63. The third kappa shape index (κ3) is 3.24. The first kappa shape index (κ1) is 17.2. The van der Waals surface area contributed by atoms with E-state index in [1.54, 1.807) is 10.7 Å². The Labute approximate surface area is 162 Å². The molecule has 3 N–H and O–H groups in total. The van der Waals surface area contributed by atoms with E-state index in [4.69, 9.17) is 10.5 Å². The van der Waals surface area contributed by atoms with Crippen molar-refractivity contribution in [3.05, 3.63) is 30.6 Å². The fourth-order valence-corrected chi connectivity index (χ4v) is 3.76. The zero-order valence-corrected chi connectivity index (χ0v) is 15.8. The molecule has 0 saturated heterocycles. The normalized spacial score (nSPS) is 21.5. The molecule has 8 heteroatoms. The highest BCUT2D eigenvalue weighted by Gasteiger charge is 2.30. The van der Waals surface area contributed by atoms with E-state index in [1.165, 1.54) is 0 Å². The van der Waals surface area contributed by atoms with Gasteiger partial charge in [-0.2, -0.15) is 10.2 Å². The second-order valence-electron chi connectivity index (χ2n) is 7.97. The monoisotopic (exact) mass is 380 g/mol. The van der Waals surface area contributed by atoms with Gasteiger partial charge in [0.25, 0.3) is 0 Å². The number of hydrogen-bond acceptors (Lipinski definition) is 5. The van der Waals surface area contributed by atoms with Gasteiger partial charge in [-0.3, -0.25) is 9.48 Å². The molecule has 0 atom stereocenters. The van der Waals surface area contributed by atoms with Crippen LogP contribution in [0.15, 0.2) is 30.6 Å². The van der Waals surface area contributed by atoms with E-state index in [1.807, 2.05) is 36.1 Å². The molecule has 0 bridgehead atoms. The number of anilines is 1. The second kappa shape index (κ2) is 6.63. The summed E-state index contributed by atoms with van der Waals surface area (Å²) in [6.07, 6.45) is 7.63. The van der Waals surface area contributed by atoms with Crippen LogP contribution in [0.5, 0.6) is 5.75 Å². The Bertz CT molecular complexity index is 1030. The first-order chi connectivity index (χ1) is 13.6. The summed E-state index contributed by atoms with van der Waals surface area (Å²) in [5.74, 6) is 2.09. The minimum atomic E-state index is 0.0571. The van der Waals surface area contributed by atoms with Crippen molar-refractivity contribution in [3.8, 4) is 17.0 Å². The van der Waals surface area contributed by atoms with Crippen LogP contribution in [-0.2, 0) is 11.8 Å². The third-order valence-corrected chi connectivity index (χ3v) is 5.59. The fourth-order valence-electron chi connectivity index (χ4n) is 3.76. The molecule has 2 saturated carbocycles. The summed E-state index contributed by atoms with van der Waals surface area (Å²) in [4.78, 5) is 12.0. The molecule has 0 spiro atoms. The van der Waals surface area contributed by atoms with Gasteiger partial charge in [0, 0.05) is 36.8 Å². The van der Waals surface area contributed by atoms with Crippen LogP contribution in [0.1, 0.15) is 25.7 Å². The first-order valence-corrected chi connectivity index (χ1v) is 9.78. The van der Waals surface area contributed by atoms with Gasteiger partial charge < -0.3 is 15.8 Å². The van der Waals surface area contributed by atoms with Gasteiger partial charge in [-0.25, -0.2) is 4.52 Å². The highest BCUT2D eigenvalue weighted by molar-refractivity contribution is 5.93. The molecule has 3 aromatic heterocycles. The van der Waals surface area contributed by atoms with E-state index >= 15 is 0 Å². The molecule has 1 amide bonds. The summed E-state index contributed by atoms with van der Waals surface area (Å²) in [7, 11) is 1.91. The number of ether oxygens (including phenoxy) is 1. The molecule has 2 aliphatic carbocycles. The summed E-state index contributed by atoms with van der Waals surface area (Å²) in [6.45, 7) is 0.665. The minimum absolute atomic E-state index is 0.0571. The van der Waals surface area contributed by atoms with Crippen LogP contribution in [0.3, 0.4) is 0 Å². The van der Waals surface area contributed by atoms with Gasteiger partial charge in [-0.05, 0) is 43.7 Å². The lowest BCUT2D eigenvalue weighted by Crippen LogP contribution is -2.39. The Balaban J connectivity index is 1.38. The zero-order chi connectivity index (χ0) is 19.3. The number of rotatable bonds is 6. The Morgan fingerprint density at radius 1 is 1.36 bits per heavy atom. The highest BCUT2D eigenvalue weighted by atomic mass is 16.5. The molecule has 28 heavy (non-hydrogen) atoms. The van der Waals surface area contributed by atoms with E-state index in [-0.39, 0.29) is 11.8 Å². The van der Waals surface area contributed by atoms with Crippen molar-refractivity contribution < 1.29 is 9.53 Å². The van der Waals surface area contributed by atoms with Gasteiger partial charge in [0.05, 0.1) is 18.3 Å². The Hall–Kier alpha value is -2.87. The van der Waals surface area contributed by atoms with E-state index in [0.717, 1.165) is 48.2 Å². The number of fused-ring (bicyclic) bond motifs is 1. The molecule has 0 aromatic carbocycles. The highest BCUT2D eigenvalue weighted by Crippen LogP contribution is 2.33. The van der Waals surface area contributed by atoms with Crippen LogP contribution in [0, 0.1) is 11.8 Å². The van der Waals surface area contributed by atoms with E-state index < -0.39 is 0 Å². The average Bonchev–Trinajstić information content (AvgIpc) is 3.33. The summed E-state index contributed by atoms with van der Waals surface area (Å²) in [6, 6.07) is 6.22. The number of hydrogen-bond donors (Lipinski definition) is 2. The number of nitrogens with zero attached hydrogens (tertiary/aromatic N) is 4. The molecule has 5 rings (SSSR count). The standard InChI is InChI=1S/C20H24N6O2/c1-25-19(17(10-22-25)28-11-12-6-15(21)7-12)14-4-5-26-16(8-14)9-18(24-26)23-20(27)13-2-3-13/h4-5,8-10,12-13,15H,2-3,6-7,11,21H2,1H3,(H,23,24,27). The molecule has 146 valence electrons. The van der Waals surface area contributed by atoms with Crippen LogP contribution in [0.2, 0.25) is 0 Å². The topological polar surface area (TPSA) is 99.5 Å². The second-order valence-corrected chi connectivity index (χ2v) is 7.97. The molecule has 2 fully saturated rings. The van der Waals surface area contributed by atoms with E-state index in [0.29, 0.717) is 24.4 Å². The van der Waals surface area contributed by atoms with Gasteiger partial charge in [-0.1, -0.05) is 0 Å². The Morgan fingerprint density at radius 3 is 2.93 bits per heavy atom. The predicted octanol–water partition coefficient (Wildman–Crippen LogP) is 2.20. The van der Waals surface area contributed by atoms with Crippen molar-refractivity contribution in [2.75, 3.05) is 11.9 Å². The lowest BCUT2D eigenvalue weighted by Gasteiger charge is -2.31. The van der Waals surface area contributed by atoms with Crippen LogP contribution in [-0.4, -0.2) is 38.0 Å². The number of aromatic nitrogens is 4. The maximum absolute atomic E-state index is 12.0. The molecule has 2 aliphatic rings. The fraction of sp³-hybridized carbons (Fsp3) is 0.450. The summed E-state index contributed by atoms with van der Waals surface area (Å²) in [5.41, 5.74) is 8.68. The van der Waals surface area contributed by atoms with Crippen molar-refractivity contribution in [2.45, 2.75) is 31.7 Å². The number of pyridine rings is 1. The van der Waals surface area contributed by atoms with Gasteiger partial charge in [0.2, 0.25) is 5.91 Å². The maximum Gasteiger partial charge on any atom is 0.228 e. The van der Waals surface area contributed by atoms with Crippen molar-refractivity contribution in [1.82, 2.24) is 19.4 Å². The molecule has 3 aromatic rings. The molecule has 3 heterocycles. The summed E-state index contributed by atoms with van der Waals surface area (Å²) in [5, 5.41) is 11.7. The molecular formula is C20H24N6O2. The lowest BCUT2D eigenvalue weighted by atomic mass is 9.82. The van der Waals surface area contributed by atoms with Crippen molar-refractivity contribution in [3.63, 3.8) is 0 Å². The minimum Gasteiger partial charge on any atom is -0.489 e. The van der Waals surface area contributed by atoms with E-state index in [2.05, 4.69) is 15.5 Å². The predicted molar refractivity (Wildman–Crippen MR) is 105 cm³/mol.